The molecular weight excluding hydrogens is 765 g/mol. The number of halogens is 2. The van der Waals surface area contributed by atoms with Gasteiger partial charge in [-0.2, -0.15) is 23.3 Å². The molecule has 268 valence electrons. The molecule has 2 aromatic carbocycles. The fourth-order valence-corrected chi connectivity index (χ4v) is 12.5. The largest absolute Gasteiger partial charge is 1.00 e. The Hall–Kier alpha value is -0.927. The Morgan fingerprint density at radius 3 is 1.24 bits per heavy atom. The predicted molar refractivity (Wildman–Crippen MR) is 214 cm³/mol. The molecule has 0 fully saturated rings. The molecule has 4 unspecified atom stereocenters. The van der Waals surface area contributed by atoms with Crippen LogP contribution in [-0.4, -0.2) is 14.5 Å². The summed E-state index contributed by atoms with van der Waals surface area (Å²) in [7, 11) is -0.424. The van der Waals surface area contributed by atoms with E-state index >= 15 is 0 Å². The summed E-state index contributed by atoms with van der Waals surface area (Å²) in [5.41, 5.74) is 7.14. The van der Waals surface area contributed by atoms with Crippen LogP contribution in [0.3, 0.4) is 0 Å². The van der Waals surface area contributed by atoms with Gasteiger partial charge in [-0.3, -0.25) is 0 Å². The van der Waals surface area contributed by atoms with Gasteiger partial charge in [-0.25, -0.2) is 0 Å². The van der Waals surface area contributed by atoms with Crippen LogP contribution in [0.5, 0.6) is 0 Å². The van der Waals surface area contributed by atoms with Crippen LogP contribution in [0.15, 0.2) is 118 Å². The first kappa shape index (κ1) is 45.2. The van der Waals surface area contributed by atoms with E-state index in [1.165, 1.54) is 113 Å². The first-order chi connectivity index (χ1) is 23.4. The SMILES string of the molecule is CCCCC1=[C-]C2=CC(CCCC)P(c3ccccc3)C2=C1.CCCCC1=[C-]C2=CC(CCCC)P(c3ccccc3)C2=C1.C[C](C)=[Zr+2].[Cl-].[Cl-]. The number of rotatable bonds is 14. The Morgan fingerprint density at radius 2 is 0.920 bits per heavy atom. The molecule has 0 N–H and O–H groups in total. The van der Waals surface area contributed by atoms with Crippen LogP contribution in [0.25, 0.3) is 0 Å². The minimum absolute atomic E-state index is 0. The molecule has 2 aliphatic heterocycles. The second kappa shape index (κ2) is 24.4. The van der Waals surface area contributed by atoms with Gasteiger partial charge in [-0.05, 0) is 34.8 Å². The van der Waals surface area contributed by atoms with Gasteiger partial charge >= 0.3 is 41.3 Å². The molecule has 2 aromatic rings. The molecule has 4 aliphatic rings. The van der Waals surface area contributed by atoms with Crippen molar-refractivity contribution in [1.29, 1.82) is 0 Å². The second-order valence-corrected chi connectivity index (χ2v) is 20.8. The van der Waals surface area contributed by atoms with Crippen molar-refractivity contribution in [3.8, 4) is 0 Å². The summed E-state index contributed by atoms with van der Waals surface area (Å²) in [6.45, 7) is 13.4. The number of fused-ring (bicyclic) bond motifs is 2. The maximum Gasteiger partial charge on any atom is -1.00 e. The van der Waals surface area contributed by atoms with Crippen molar-refractivity contribution < 1.29 is 49.0 Å². The normalized spacial score (nSPS) is 20.9. The van der Waals surface area contributed by atoms with E-state index in [9.17, 15) is 0 Å². The molecule has 0 nitrogen and oxygen atoms in total. The van der Waals surface area contributed by atoms with Crippen molar-refractivity contribution in [1.82, 2.24) is 0 Å². The van der Waals surface area contributed by atoms with Gasteiger partial charge in [-0.15, -0.1) is 46.1 Å². The average molecular weight is 823 g/mol. The molecule has 50 heavy (non-hydrogen) atoms. The molecule has 0 saturated carbocycles. The zero-order valence-corrected chi connectivity index (χ0v) is 37.1. The van der Waals surface area contributed by atoms with Crippen molar-refractivity contribution in [2.24, 2.45) is 0 Å². The van der Waals surface area contributed by atoms with Crippen molar-refractivity contribution in [3.05, 3.63) is 130 Å². The predicted octanol–water partition coefficient (Wildman–Crippen LogP) is 6.97. The number of unbranched alkanes of at least 4 members (excludes halogenated alkanes) is 4. The zero-order valence-electron chi connectivity index (χ0n) is 31.4. The second-order valence-electron chi connectivity index (χ2n) is 13.6. The number of allylic oxidation sites excluding steroid dienone is 12. The van der Waals surface area contributed by atoms with Crippen molar-refractivity contribution >= 4 is 29.7 Å². The molecule has 4 atom stereocenters. The van der Waals surface area contributed by atoms with Gasteiger partial charge in [0.05, 0.1) is 0 Å². The molecule has 0 spiro atoms. The molecule has 0 amide bonds. The van der Waals surface area contributed by atoms with Gasteiger partial charge in [0.25, 0.3) is 0 Å². The maximum absolute atomic E-state index is 3.70. The standard InChI is InChI=1S/2C21H26P.C3H6.2ClH.Zr/c2*1-3-5-10-17-14-18-16-20(11-6-4-2)22(21(18)15-17)19-12-8-7-9-13-19;1-3-2;;;/h2*7-9,12-13,15-16,20H,3-6,10-11H2,1-2H3;1-2H3;2*1H;/q2*-1;;;;+2/p-2. The Bertz CT molecular complexity index is 1400. The molecule has 0 radical (unpaired) electrons. The van der Waals surface area contributed by atoms with Crippen molar-refractivity contribution in [2.45, 2.75) is 130 Å². The minimum Gasteiger partial charge on any atom is -1.00 e. The third-order valence-electron chi connectivity index (χ3n) is 9.04. The maximum atomic E-state index is 3.70. The number of benzene rings is 2. The van der Waals surface area contributed by atoms with E-state index in [0.717, 1.165) is 11.3 Å². The van der Waals surface area contributed by atoms with Gasteiger partial charge in [0.1, 0.15) is 0 Å². The summed E-state index contributed by atoms with van der Waals surface area (Å²) in [6, 6.07) is 22.3. The van der Waals surface area contributed by atoms with Gasteiger partial charge < -0.3 is 24.8 Å². The van der Waals surface area contributed by atoms with E-state index in [0.29, 0.717) is 0 Å². The van der Waals surface area contributed by atoms with Crippen LogP contribution in [0.2, 0.25) is 0 Å². The third kappa shape index (κ3) is 13.2. The summed E-state index contributed by atoms with van der Waals surface area (Å²) < 4.78 is 1.51. The third-order valence-corrected chi connectivity index (χ3v) is 14.7. The summed E-state index contributed by atoms with van der Waals surface area (Å²) in [6.07, 6.45) is 32.7. The monoisotopic (exact) mass is 820 g/mol. The fourth-order valence-electron chi connectivity index (χ4n) is 6.67. The van der Waals surface area contributed by atoms with Gasteiger partial charge in [-0.1, -0.05) is 168 Å². The first-order valence-electron chi connectivity index (χ1n) is 18.7. The van der Waals surface area contributed by atoms with Crippen molar-refractivity contribution in [3.63, 3.8) is 0 Å². The first-order valence-corrected chi connectivity index (χ1v) is 22.8. The average Bonchev–Trinajstić information content (AvgIpc) is 3.84. The molecule has 2 aliphatic carbocycles. The molecule has 6 rings (SSSR count). The van der Waals surface area contributed by atoms with Crippen LogP contribution in [0.4, 0.5) is 0 Å². The Balaban J connectivity index is 0.000000303. The van der Waals surface area contributed by atoms with Crippen LogP contribution >= 0.6 is 15.8 Å². The summed E-state index contributed by atoms with van der Waals surface area (Å²) in [4.78, 5) is 0. The van der Waals surface area contributed by atoms with E-state index in [2.05, 4.69) is 139 Å². The molecule has 2 heterocycles. The Morgan fingerprint density at radius 1 is 0.580 bits per heavy atom. The number of hydrogen-bond acceptors (Lipinski definition) is 0. The van der Waals surface area contributed by atoms with Crippen LogP contribution in [-0.2, 0) is 24.2 Å². The molecule has 5 heteroatoms. The summed E-state index contributed by atoms with van der Waals surface area (Å²) in [5, 5.41) is 6.26. The quantitative estimate of drug-likeness (QED) is 0.143. The van der Waals surface area contributed by atoms with E-state index in [1.807, 2.05) is 0 Å². The number of hydrogen-bond donors (Lipinski definition) is 0. The summed E-state index contributed by atoms with van der Waals surface area (Å²) in [5.74, 6) is 0. The van der Waals surface area contributed by atoms with Crippen LogP contribution < -0.4 is 35.4 Å². The molecule has 0 saturated heterocycles. The smallest absolute Gasteiger partial charge is 1.00 e. The topological polar surface area (TPSA) is 0 Å². The minimum atomic E-state index is -0.212. The fraction of sp³-hybridized carbons (Fsp3) is 0.444. The van der Waals surface area contributed by atoms with E-state index in [-0.39, 0.29) is 40.7 Å². The summed E-state index contributed by atoms with van der Waals surface area (Å²) >= 11 is 1.55. The van der Waals surface area contributed by atoms with Gasteiger partial charge in [0.2, 0.25) is 0 Å². The Kier molecular flexibility index (Phi) is 22.1. The van der Waals surface area contributed by atoms with Crippen LogP contribution in [0, 0.1) is 12.2 Å². The van der Waals surface area contributed by atoms with Crippen LogP contribution in [0.1, 0.15) is 119 Å². The molecule has 0 bridgehead atoms. The van der Waals surface area contributed by atoms with E-state index < -0.39 is 0 Å². The molecule has 0 aromatic heterocycles. The van der Waals surface area contributed by atoms with E-state index in [1.54, 1.807) is 34.9 Å². The Labute approximate surface area is 336 Å². The van der Waals surface area contributed by atoms with Gasteiger partial charge in [0.15, 0.2) is 0 Å². The van der Waals surface area contributed by atoms with Gasteiger partial charge in [0, 0.05) is 0 Å². The van der Waals surface area contributed by atoms with E-state index in [4.69, 9.17) is 0 Å². The van der Waals surface area contributed by atoms with Crippen molar-refractivity contribution in [2.75, 3.05) is 0 Å². The zero-order chi connectivity index (χ0) is 34.3. The molecular formula is C45H58Cl2P2Zr-2.